The smallest absolute Gasteiger partial charge is 0.255 e. The Kier molecular flexibility index (Phi) is 7.34. The van der Waals surface area contributed by atoms with Crippen molar-refractivity contribution < 1.29 is 13.2 Å². The number of carbonyl (C=O) groups excluding carboxylic acids is 1. The number of amides is 1. The highest BCUT2D eigenvalue weighted by atomic mass is 32.2. The summed E-state index contributed by atoms with van der Waals surface area (Å²) in [6.45, 7) is 5.70. The topological polar surface area (TPSA) is 113 Å². The minimum absolute atomic E-state index is 0.187. The Balaban J connectivity index is 1.43. The highest BCUT2D eigenvalue weighted by Crippen LogP contribution is 2.33. The molecule has 9 heteroatoms. The van der Waals surface area contributed by atoms with Gasteiger partial charge in [-0.15, -0.1) is 10.2 Å². The van der Waals surface area contributed by atoms with Crippen LogP contribution in [-0.4, -0.2) is 31.6 Å². The maximum absolute atomic E-state index is 12.8. The summed E-state index contributed by atoms with van der Waals surface area (Å²) < 4.78 is 27.4. The Morgan fingerprint density at radius 2 is 1.48 bits per heavy atom. The average Bonchev–Trinajstić information content (AvgIpc) is 2.96. The summed E-state index contributed by atoms with van der Waals surface area (Å²) in [6.07, 6.45) is 0. The van der Waals surface area contributed by atoms with Gasteiger partial charge in [0.25, 0.3) is 5.91 Å². The number of nitrogens with one attached hydrogen (secondary N) is 3. The number of nitrogens with zero attached hydrogens (tertiary/aromatic N) is 2. The zero-order valence-corrected chi connectivity index (χ0v) is 23.4. The van der Waals surface area contributed by atoms with Gasteiger partial charge in [-0.1, -0.05) is 48.5 Å². The largest absolute Gasteiger partial charge is 0.338 e. The number of anilines is 3. The van der Waals surface area contributed by atoms with Crippen molar-refractivity contribution in [3.05, 3.63) is 107 Å². The molecule has 0 unspecified atom stereocenters. The lowest BCUT2D eigenvalue weighted by Crippen LogP contribution is -2.19. The Labute approximate surface area is 233 Å². The molecule has 8 nitrogen and oxygen atoms in total. The molecule has 5 aromatic rings. The van der Waals surface area contributed by atoms with Crippen LogP contribution in [0, 0.1) is 20.8 Å². The standard InChI is InChI=1S/C31H29N5O3S/c1-19-9-10-20(2)27(17-19)34-31(37)22-13-15-24(16-14-22)33-30-26-8-6-5-7-25(26)29(35-36-30)23-12-11-21(3)28(18-23)40(38,39)32-4/h5-18,32H,1-4H3,(H,33,36)(H,34,37). The summed E-state index contributed by atoms with van der Waals surface area (Å²) in [5.74, 6) is 0.356. The van der Waals surface area contributed by atoms with E-state index in [2.05, 4.69) is 25.6 Å². The van der Waals surface area contributed by atoms with Gasteiger partial charge < -0.3 is 10.6 Å². The second-order valence-electron chi connectivity index (χ2n) is 9.61. The number of carbonyl (C=O) groups is 1. The van der Waals surface area contributed by atoms with E-state index in [0.29, 0.717) is 28.2 Å². The molecule has 0 fully saturated rings. The van der Waals surface area contributed by atoms with Crippen LogP contribution in [0.5, 0.6) is 0 Å². The van der Waals surface area contributed by atoms with Crippen LogP contribution in [0.25, 0.3) is 22.0 Å². The Bertz CT molecular complexity index is 1850. The van der Waals surface area contributed by atoms with E-state index >= 15 is 0 Å². The number of sulfonamides is 1. The number of aromatic nitrogens is 2. The van der Waals surface area contributed by atoms with Gasteiger partial charge in [-0.2, -0.15) is 0 Å². The van der Waals surface area contributed by atoms with E-state index in [9.17, 15) is 13.2 Å². The van der Waals surface area contributed by atoms with Crippen LogP contribution in [0.1, 0.15) is 27.0 Å². The molecule has 1 heterocycles. The normalized spacial score (nSPS) is 11.4. The molecule has 0 aliphatic heterocycles. The fourth-order valence-electron chi connectivity index (χ4n) is 4.46. The molecule has 0 saturated carbocycles. The van der Waals surface area contributed by atoms with Gasteiger partial charge in [-0.3, -0.25) is 4.79 Å². The molecule has 0 aliphatic carbocycles. The van der Waals surface area contributed by atoms with Crippen LogP contribution in [0.4, 0.5) is 17.2 Å². The molecule has 4 aromatic carbocycles. The summed E-state index contributed by atoms with van der Waals surface area (Å²) in [5, 5.41) is 16.8. The van der Waals surface area contributed by atoms with E-state index in [1.165, 1.54) is 7.05 Å². The third-order valence-electron chi connectivity index (χ3n) is 6.76. The summed E-state index contributed by atoms with van der Waals surface area (Å²) in [4.78, 5) is 13.0. The highest BCUT2D eigenvalue weighted by molar-refractivity contribution is 7.89. The van der Waals surface area contributed by atoms with E-state index in [0.717, 1.165) is 33.3 Å². The zero-order valence-electron chi connectivity index (χ0n) is 22.6. The number of aryl methyl sites for hydroxylation is 3. The maximum Gasteiger partial charge on any atom is 0.255 e. The molecule has 1 amide bonds. The van der Waals surface area contributed by atoms with Crippen LogP contribution >= 0.6 is 0 Å². The van der Waals surface area contributed by atoms with Crippen molar-refractivity contribution >= 4 is 43.9 Å². The van der Waals surface area contributed by atoms with Crippen LogP contribution < -0.4 is 15.4 Å². The van der Waals surface area contributed by atoms with Gasteiger partial charge in [0, 0.05) is 33.3 Å². The quantitative estimate of drug-likeness (QED) is 0.224. The molecular formula is C31H29N5O3S. The molecule has 0 spiro atoms. The summed E-state index contributed by atoms with van der Waals surface area (Å²) >= 11 is 0. The number of hydrogen-bond donors (Lipinski definition) is 3. The number of fused-ring (bicyclic) bond motifs is 1. The van der Waals surface area contributed by atoms with Gasteiger partial charge in [0.05, 0.1) is 4.90 Å². The average molecular weight is 552 g/mol. The Morgan fingerprint density at radius 3 is 2.20 bits per heavy atom. The first-order chi connectivity index (χ1) is 19.2. The van der Waals surface area contributed by atoms with Gasteiger partial charge in [0.2, 0.25) is 10.0 Å². The number of rotatable bonds is 7. The van der Waals surface area contributed by atoms with Crippen LogP contribution in [0.2, 0.25) is 0 Å². The van der Waals surface area contributed by atoms with Gasteiger partial charge in [-0.25, -0.2) is 13.1 Å². The van der Waals surface area contributed by atoms with E-state index in [1.807, 2.05) is 74.5 Å². The maximum atomic E-state index is 12.8. The molecule has 1 aromatic heterocycles. The van der Waals surface area contributed by atoms with Crippen LogP contribution in [0.15, 0.2) is 89.8 Å². The van der Waals surface area contributed by atoms with E-state index < -0.39 is 10.0 Å². The van der Waals surface area contributed by atoms with Crippen molar-refractivity contribution in [3.63, 3.8) is 0 Å². The van der Waals surface area contributed by atoms with Crippen LogP contribution in [0.3, 0.4) is 0 Å². The van der Waals surface area contributed by atoms with Crippen molar-refractivity contribution in [2.24, 2.45) is 0 Å². The van der Waals surface area contributed by atoms with Crippen LogP contribution in [-0.2, 0) is 10.0 Å². The molecule has 202 valence electrons. The number of hydrogen-bond acceptors (Lipinski definition) is 6. The van der Waals surface area contributed by atoms with E-state index in [1.54, 1.807) is 31.2 Å². The molecule has 3 N–H and O–H groups in total. The lowest BCUT2D eigenvalue weighted by Gasteiger charge is -2.13. The minimum atomic E-state index is -3.63. The lowest BCUT2D eigenvalue weighted by atomic mass is 10.0. The lowest BCUT2D eigenvalue weighted by molar-refractivity contribution is 0.102. The second-order valence-corrected chi connectivity index (χ2v) is 11.5. The Morgan fingerprint density at radius 1 is 0.775 bits per heavy atom. The van der Waals surface area contributed by atoms with E-state index in [4.69, 9.17) is 0 Å². The molecule has 0 radical (unpaired) electrons. The van der Waals surface area contributed by atoms with E-state index in [-0.39, 0.29) is 10.8 Å². The van der Waals surface area contributed by atoms with Crippen molar-refractivity contribution in [1.82, 2.24) is 14.9 Å². The van der Waals surface area contributed by atoms with Crippen molar-refractivity contribution in [2.45, 2.75) is 25.7 Å². The van der Waals surface area contributed by atoms with Gasteiger partial charge in [-0.05, 0) is 80.9 Å². The van der Waals surface area contributed by atoms with Gasteiger partial charge >= 0.3 is 0 Å². The fourth-order valence-corrected chi connectivity index (χ4v) is 5.46. The Hall–Kier alpha value is -4.60. The minimum Gasteiger partial charge on any atom is -0.338 e. The molecule has 0 aliphatic rings. The molecule has 5 rings (SSSR count). The van der Waals surface area contributed by atoms with Gasteiger partial charge in [0.1, 0.15) is 5.69 Å². The molecule has 0 saturated heterocycles. The highest BCUT2D eigenvalue weighted by Gasteiger charge is 2.18. The first-order valence-electron chi connectivity index (χ1n) is 12.7. The van der Waals surface area contributed by atoms with Crippen molar-refractivity contribution in [3.8, 4) is 11.3 Å². The third-order valence-corrected chi connectivity index (χ3v) is 8.31. The summed E-state index contributed by atoms with van der Waals surface area (Å²) in [5.41, 5.74) is 6.00. The third kappa shape index (κ3) is 5.42. The SMILES string of the molecule is CNS(=O)(=O)c1cc(-c2nnc(Nc3ccc(C(=O)Nc4cc(C)ccc4C)cc3)c3ccccc23)ccc1C. The molecule has 0 atom stereocenters. The second kappa shape index (κ2) is 10.9. The summed E-state index contributed by atoms with van der Waals surface area (Å²) in [6, 6.07) is 26.0. The summed E-state index contributed by atoms with van der Waals surface area (Å²) in [7, 11) is -2.24. The predicted molar refractivity (Wildman–Crippen MR) is 160 cm³/mol. The fraction of sp³-hybridized carbons (Fsp3) is 0.129. The molecule has 40 heavy (non-hydrogen) atoms. The molecular weight excluding hydrogens is 522 g/mol. The first kappa shape index (κ1) is 27.0. The van der Waals surface area contributed by atoms with Crippen molar-refractivity contribution in [1.29, 1.82) is 0 Å². The molecule has 0 bridgehead atoms. The predicted octanol–water partition coefficient (Wildman–Crippen LogP) is 6.13. The number of benzene rings is 4. The van der Waals surface area contributed by atoms with Gasteiger partial charge in [0.15, 0.2) is 5.82 Å². The monoisotopic (exact) mass is 551 g/mol. The van der Waals surface area contributed by atoms with Crippen molar-refractivity contribution in [2.75, 3.05) is 17.7 Å². The first-order valence-corrected chi connectivity index (χ1v) is 14.2. The zero-order chi connectivity index (χ0) is 28.4.